The molecule has 0 saturated carbocycles. The monoisotopic (exact) mass is 236 g/mol. The molecule has 16 heavy (non-hydrogen) atoms. The molecule has 0 bridgehead atoms. The van der Waals surface area contributed by atoms with Crippen LogP contribution in [0.3, 0.4) is 0 Å². The van der Waals surface area contributed by atoms with Gasteiger partial charge in [-0.3, -0.25) is 0 Å². The molecule has 0 fully saturated rings. The first-order valence-corrected chi connectivity index (χ1v) is 5.82. The molecule has 2 heteroatoms. The van der Waals surface area contributed by atoms with E-state index in [-0.39, 0.29) is 16.8 Å². The van der Waals surface area contributed by atoms with E-state index in [4.69, 9.17) is 11.6 Å². The molecule has 0 amide bonds. The summed E-state index contributed by atoms with van der Waals surface area (Å²) < 4.78 is 13.0. The highest BCUT2D eigenvalue weighted by Crippen LogP contribution is 2.32. The maximum atomic E-state index is 13.0. The largest absolute Gasteiger partial charge is 0.205 e. The van der Waals surface area contributed by atoms with Crippen molar-refractivity contribution in [3.05, 3.63) is 59.4 Å². The number of allylic oxidation sites excluding steroid dienone is 3. The van der Waals surface area contributed by atoms with Gasteiger partial charge >= 0.3 is 0 Å². The van der Waals surface area contributed by atoms with E-state index in [1.165, 1.54) is 6.07 Å². The van der Waals surface area contributed by atoms with Crippen molar-refractivity contribution in [2.45, 2.75) is 18.8 Å². The molecule has 2 unspecified atom stereocenters. The molecular weight excluding hydrogens is 223 g/mol. The molecule has 0 nitrogen and oxygen atoms in total. The number of hydrogen-bond donors (Lipinski definition) is 0. The molecule has 0 heterocycles. The van der Waals surface area contributed by atoms with Gasteiger partial charge in [0.2, 0.25) is 0 Å². The minimum Gasteiger partial charge on any atom is -0.205 e. The normalized spacial score (nSPS) is 20.2. The third-order valence-corrected chi connectivity index (χ3v) is 3.35. The minimum absolute atomic E-state index is 0.188. The summed E-state index contributed by atoms with van der Waals surface area (Å²) in [7, 11) is 0. The van der Waals surface area contributed by atoms with Crippen molar-refractivity contribution in [3.63, 3.8) is 0 Å². The predicted molar refractivity (Wildman–Crippen MR) is 66.2 cm³/mol. The van der Waals surface area contributed by atoms with Gasteiger partial charge in [0, 0.05) is 5.92 Å². The molecular formula is C14H14ClF. The van der Waals surface area contributed by atoms with E-state index in [1.54, 1.807) is 12.1 Å². The minimum atomic E-state index is -0.364. The van der Waals surface area contributed by atoms with Gasteiger partial charge in [-0.25, -0.2) is 4.39 Å². The smallest absolute Gasteiger partial charge is 0.141 e. The molecule has 2 atom stereocenters. The zero-order chi connectivity index (χ0) is 11.5. The van der Waals surface area contributed by atoms with Gasteiger partial charge in [-0.05, 0) is 36.5 Å². The van der Waals surface area contributed by atoms with Crippen LogP contribution in [-0.4, -0.2) is 0 Å². The molecule has 1 aliphatic rings. The Morgan fingerprint density at radius 3 is 2.81 bits per heavy atom. The van der Waals surface area contributed by atoms with Crippen molar-refractivity contribution in [2.75, 3.05) is 0 Å². The van der Waals surface area contributed by atoms with Crippen molar-refractivity contribution in [2.24, 2.45) is 5.92 Å². The third kappa shape index (κ3) is 2.35. The molecule has 0 aromatic heterocycles. The van der Waals surface area contributed by atoms with Crippen molar-refractivity contribution in [3.8, 4) is 0 Å². The first-order valence-electron chi connectivity index (χ1n) is 5.45. The van der Waals surface area contributed by atoms with Gasteiger partial charge in [0.05, 0.1) is 5.02 Å². The molecule has 1 aromatic carbocycles. The van der Waals surface area contributed by atoms with Crippen LogP contribution in [0.1, 0.15) is 24.3 Å². The lowest BCUT2D eigenvalue weighted by atomic mass is 9.83. The Hall–Kier alpha value is -1.08. The highest BCUT2D eigenvalue weighted by Gasteiger charge is 2.17. The molecule has 0 spiro atoms. The second kappa shape index (κ2) is 4.84. The van der Waals surface area contributed by atoms with Crippen LogP contribution in [-0.2, 0) is 0 Å². The fourth-order valence-corrected chi connectivity index (χ4v) is 2.13. The summed E-state index contributed by atoms with van der Waals surface area (Å²) in [5.74, 6) is 0.525. The van der Waals surface area contributed by atoms with Crippen LogP contribution >= 0.6 is 11.6 Å². The summed E-state index contributed by atoms with van der Waals surface area (Å²) >= 11 is 5.78. The zero-order valence-corrected chi connectivity index (χ0v) is 9.75. The third-order valence-electron chi connectivity index (χ3n) is 3.06. The zero-order valence-electron chi connectivity index (χ0n) is 9.00. The van der Waals surface area contributed by atoms with Crippen LogP contribution in [0, 0.1) is 11.7 Å². The van der Waals surface area contributed by atoms with E-state index < -0.39 is 0 Å². The van der Waals surface area contributed by atoms with Gasteiger partial charge in [0.25, 0.3) is 0 Å². The Morgan fingerprint density at radius 1 is 1.56 bits per heavy atom. The predicted octanol–water partition coefficient (Wildman–Crippen LogP) is 4.71. The average Bonchev–Trinajstić information content (AvgIpc) is 2.21. The van der Waals surface area contributed by atoms with E-state index in [1.807, 2.05) is 6.08 Å². The highest BCUT2D eigenvalue weighted by atomic mass is 35.5. The van der Waals surface area contributed by atoms with Crippen LogP contribution in [0.15, 0.2) is 43.0 Å². The van der Waals surface area contributed by atoms with Crippen LogP contribution in [0.5, 0.6) is 0 Å². The van der Waals surface area contributed by atoms with Gasteiger partial charge in [-0.1, -0.05) is 35.9 Å². The fraction of sp³-hybridized carbons (Fsp3) is 0.286. The Balaban J connectivity index is 2.15. The Morgan fingerprint density at radius 2 is 2.31 bits per heavy atom. The van der Waals surface area contributed by atoms with E-state index >= 15 is 0 Å². The highest BCUT2D eigenvalue weighted by molar-refractivity contribution is 6.30. The number of halogens is 2. The summed E-state index contributed by atoms with van der Waals surface area (Å²) in [6.07, 6.45) is 8.46. The maximum Gasteiger partial charge on any atom is 0.141 e. The SMILES string of the molecule is C=CC(CC1C=CC1)c1ccc(F)c(Cl)c1. The molecule has 1 aromatic rings. The van der Waals surface area contributed by atoms with Crippen molar-refractivity contribution >= 4 is 11.6 Å². The van der Waals surface area contributed by atoms with Gasteiger partial charge in [0.15, 0.2) is 0 Å². The standard InChI is InChI=1S/C14H14ClF/c1-2-11(8-10-4-3-5-10)12-6-7-14(16)13(15)9-12/h2-4,6-7,9-11H,1,5,8H2. The van der Waals surface area contributed by atoms with Crippen LogP contribution < -0.4 is 0 Å². The van der Waals surface area contributed by atoms with Crippen molar-refractivity contribution < 1.29 is 4.39 Å². The van der Waals surface area contributed by atoms with E-state index in [2.05, 4.69) is 18.7 Å². The van der Waals surface area contributed by atoms with Crippen LogP contribution in [0.2, 0.25) is 5.02 Å². The summed E-state index contributed by atoms with van der Waals surface area (Å²) in [6.45, 7) is 3.84. The lowest BCUT2D eigenvalue weighted by Crippen LogP contribution is -2.08. The summed E-state index contributed by atoms with van der Waals surface area (Å²) in [6, 6.07) is 4.91. The summed E-state index contributed by atoms with van der Waals surface area (Å²) in [5.41, 5.74) is 1.04. The van der Waals surface area contributed by atoms with Crippen LogP contribution in [0.4, 0.5) is 4.39 Å². The Bertz CT molecular complexity index is 423. The second-order valence-electron chi connectivity index (χ2n) is 4.18. The maximum absolute atomic E-state index is 13.0. The lowest BCUT2D eigenvalue weighted by molar-refractivity contribution is 0.526. The molecule has 0 N–H and O–H groups in total. The van der Waals surface area contributed by atoms with E-state index in [0.717, 1.165) is 18.4 Å². The van der Waals surface area contributed by atoms with Crippen molar-refractivity contribution in [1.82, 2.24) is 0 Å². The van der Waals surface area contributed by atoms with Crippen LogP contribution in [0.25, 0.3) is 0 Å². The second-order valence-corrected chi connectivity index (χ2v) is 4.58. The quantitative estimate of drug-likeness (QED) is 0.664. The average molecular weight is 237 g/mol. The van der Waals surface area contributed by atoms with Gasteiger partial charge in [-0.2, -0.15) is 0 Å². The number of rotatable bonds is 4. The molecule has 0 radical (unpaired) electrons. The van der Waals surface area contributed by atoms with Gasteiger partial charge in [0.1, 0.15) is 5.82 Å². The molecule has 0 aliphatic heterocycles. The lowest BCUT2D eigenvalue weighted by Gasteiger charge is -2.22. The molecule has 2 rings (SSSR count). The first-order chi connectivity index (χ1) is 7.70. The summed E-state index contributed by atoms with van der Waals surface area (Å²) in [5, 5.41) is 0.188. The van der Waals surface area contributed by atoms with Crippen molar-refractivity contribution in [1.29, 1.82) is 0 Å². The molecule has 0 saturated heterocycles. The summed E-state index contributed by atoms with van der Waals surface area (Å²) in [4.78, 5) is 0. The topological polar surface area (TPSA) is 0 Å². The van der Waals surface area contributed by atoms with Gasteiger partial charge in [-0.15, -0.1) is 6.58 Å². The van der Waals surface area contributed by atoms with Gasteiger partial charge < -0.3 is 0 Å². The first kappa shape index (κ1) is 11.4. The number of hydrogen-bond acceptors (Lipinski definition) is 0. The Kier molecular flexibility index (Phi) is 3.45. The molecule has 1 aliphatic carbocycles. The van der Waals surface area contributed by atoms with E-state index in [9.17, 15) is 4.39 Å². The Labute approximate surface area is 100 Å². The fourth-order valence-electron chi connectivity index (χ4n) is 1.94. The molecule has 84 valence electrons. The number of benzene rings is 1. The van der Waals surface area contributed by atoms with E-state index in [0.29, 0.717) is 5.92 Å².